The smallest absolute Gasteiger partial charge is 0.326 e. The fraction of sp³-hybridized carbons (Fsp3) is 0.348. The van der Waals surface area contributed by atoms with Crippen molar-refractivity contribution in [2.45, 2.75) is 50.3 Å². The molecule has 0 spiro atoms. The van der Waals surface area contributed by atoms with Crippen molar-refractivity contribution in [1.29, 1.82) is 0 Å². The Morgan fingerprint density at radius 1 is 0.970 bits per heavy atom. The summed E-state index contributed by atoms with van der Waals surface area (Å²) in [5.41, 5.74) is 0.398. The van der Waals surface area contributed by atoms with Crippen LogP contribution in [0.2, 0.25) is 0 Å². The van der Waals surface area contributed by atoms with Crippen LogP contribution in [-0.2, 0) is 21.4 Å². The highest BCUT2D eigenvalue weighted by atomic mass is 32.2. The highest BCUT2D eigenvalue weighted by Gasteiger charge is 2.27. The number of para-hydroxylation sites is 1. The zero-order chi connectivity index (χ0) is 23.4. The second-order valence-electron chi connectivity index (χ2n) is 8.21. The van der Waals surface area contributed by atoms with Crippen molar-refractivity contribution in [2.24, 2.45) is 0 Å². The largest absolute Gasteiger partial charge is 0.328 e. The predicted octanol–water partition coefficient (Wildman–Crippen LogP) is 2.79. The third-order valence-corrected chi connectivity index (χ3v) is 7.76. The first-order valence-corrected chi connectivity index (χ1v) is 12.5. The van der Waals surface area contributed by atoms with Crippen LogP contribution in [0.25, 0.3) is 10.9 Å². The van der Waals surface area contributed by atoms with Crippen LogP contribution in [0, 0.1) is 0 Å². The van der Waals surface area contributed by atoms with E-state index in [-0.39, 0.29) is 24.1 Å². The number of nitrogens with one attached hydrogen (secondary N) is 3. The number of aromatic nitrogens is 2. The topological polar surface area (TPSA) is 130 Å². The number of aryl methyl sites for hydroxylation is 1. The zero-order valence-corrected chi connectivity index (χ0v) is 18.9. The van der Waals surface area contributed by atoms with Crippen LogP contribution >= 0.6 is 0 Å². The summed E-state index contributed by atoms with van der Waals surface area (Å²) >= 11 is 0. The van der Waals surface area contributed by atoms with Gasteiger partial charge in [-0.25, -0.2) is 13.2 Å². The van der Waals surface area contributed by atoms with Gasteiger partial charge in [0.15, 0.2) is 0 Å². The highest BCUT2D eigenvalue weighted by Crippen LogP contribution is 2.25. The second kappa shape index (κ2) is 9.62. The summed E-state index contributed by atoms with van der Waals surface area (Å²) in [5.74, 6) is -0.312. The Hall–Kier alpha value is -3.40. The quantitative estimate of drug-likeness (QED) is 0.489. The molecule has 1 aliphatic rings. The third kappa shape index (κ3) is 5.33. The maximum Gasteiger partial charge on any atom is 0.328 e. The number of carbonyl (C=O) groups excluding carboxylic acids is 1. The molecule has 4 rings (SSSR count). The molecule has 0 unspecified atom stereocenters. The van der Waals surface area contributed by atoms with Gasteiger partial charge in [-0.3, -0.25) is 23.9 Å². The molecule has 2 aromatic carbocycles. The van der Waals surface area contributed by atoms with Crippen molar-refractivity contribution < 1.29 is 13.2 Å². The van der Waals surface area contributed by atoms with Gasteiger partial charge in [0.2, 0.25) is 15.9 Å². The molecule has 33 heavy (non-hydrogen) atoms. The van der Waals surface area contributed by atoms with Crippen LogP contribution < -0.4 is 21.3 Å². The highest BCUT2D eigenvalue weighted by molar-refractivity contribution is 7.93. The number of rotatable bonds is 7. The summed E-state index contributed by atoms with van der Waals surface area (Å²) in [5, 5.41) is 2.76. The molecule has 0 aliphatic heterocycles. The first kappa shape index (κ1) is 22.8. The minimum atomic E-state index is -3.43. The molecule has 0 saturated heterocycles. The minimum absolute atomic E-state index is 0.0198. The van der Waals surface area contributed by atoms with Crippen LogP contribution in [0.4, 0.5) is 11.4 Å². The van der Waals surface area contributed by atoms with Crippen molar-refractivity contribution in [3.05, 3.63) is 69.4 Å². The van der Waals surface area contributed by atoms with E-state index in [0.717, 1.165) is 19.3 Å². The van der Waals surface area contributed by atoms with Gasteiger partial charge in [-0.1, -0.05) is 31.4 Å². The maximum absolute atomic E-state index is 12.5. The average molecular weight is 471 g/mol. The summed E-state index contributed by atoms with van der Waals surface area (Å²) in [7, 11) is -3.43. The summed E-state index contributed by atoms with van der Waals surface area (Å²) in [6.45, 7) is 0.0984. The Labute approximate surface area is 190 Å². The van der Waals surface area contributed by atoms with Gasteiger partial charge in [0.1, 0.15) is 0 Å². The van der Waals surface area contributed by atoms with Gasteiger partial charge in [-0.05, 0) is 49.2 Å². The Morgan fingerprint density at radius 2 is 1.64 bits per heavy atom. The molecular formula is C23H26N4O5S. The molecule has 1 amide bonds. The molecule has 3 N–H and O–H groups in total. The van der Waals surface area contributed by atoms with Gasteiger partial charge in [0, 0.05) is 24.3 Å². The Kier molecular flexibility index (Phi) is 6.64. The van der Waals surface area contributed by atoms with Crippen LogP contribution in [0.1, 0.15) is 38.5 Å². The number of benzene rings is 2. The standard InChI is InChI=1S/C23H26N4O5S/c28-21(14-15-27-20-9-5-4-8-19(20)22(29)25-23(27)30)24-16-10-12-17(13-11-16)26-33(31,32)18-6-2-1-3-7-18/h4-5,8-13,18,26H,1-3,6-7,14-15H2,(H,24,28)(H,25,29,30). The Bertz CT molecular complexity index is 1370. The first-order chi connectivity index (χ1) is 15.8. The molecule has 0 bridgehead atoms. The number of sulfonamides is 1. The maximum atomic E-state index is 12.5. The van der Waals surface area contributed by atoms with Gasteiger partial charge >= 0.3 is 5.69 Å². The molecular weight excluding hydrogens is 444 g/mol. The van der Waals surface area contributed by atoms with E-state index >= 15 is 0 Å². The lowest BCUT2D eigenvalue weighted by atomic mass is 10.0. The number of hydrogen-bond donors (Lipinski definition) is 3. The van der Waals surface area contributed by atoms with Gasteiger partial charge in [0.05, 0.1) is 16.2 Å². The van der Waals surface area contributed by atoms with Crippen molar-refractivity contribution in [3.8, 4) is 0 Å². The monoisotopic (exact) mass is 470 g/mol. The van der Waals surface area contributed by atoms with Gasteiger partial charge in [0.25, 0.3) is 5.56 Å². The fourth-order valence-electron chi connectivity index (χ4n) is 4.15. The zero-order valence-electron chi connectivity index (χ0n) is 18.0. The minimum Gasteiger partial charge on any atom is -0.326 e. The molecule has 0 radical (unpaired) electrons. The average Bonchev–Trinajstić information content (AvgIpc) is 2.81. The number of carbonyl (C=O) groups is 1. The molecule has 9 nitrogen and oxygen atoms in total. The van der Waals surface area contributed by atoms with Crippen LogP contribution in [0.5, 0.6) is 0 Å². The summed E-state index contributed by atoms with van der Waals surface area (Å²) in [6, 6.07) is 13.2. The van der Waals surface area contributed by atoms with Crippen LogP contribution in [0.15, 0.2) is 58.1 Å². The van der Waals surface area contributed by atoms with E-state index in [1.165, 1.54) is 4.57 Å². The van der Waals surface area contributed by atoms with E-state index < -0.39 is 21.3 Å². The SMILES string of the molecule is O=C(CCn1c(=O)[nH]c(=O)c2ccccc21)Nc1ccc(NS(=O)(=O)C2CCCCC2)cc1. The molecule has 1 saturated carbocycles. The molecule has 1 aromatic heterocycles. The molecule has 1 fully saturated rings. The summed E-state index contributed by atoms with van der Waals surface area (Å²) < 4.78 is 29.1. The lowest BCUT2D eigenvalue weighted by molar-refractivity contribution is -0.116. The van der Waals surface area contributed by atoms with Crippen LogP contribution in [-0.4, -0.2) is 29.1 Å². The number of aromatic amines is 1. The third-order valence-electron chi connectivity index (χ3n) is 5.89. The number of nitrogens with zero attached hydrogens (tertiary/aromatic N) is 1. The number of anilines is 2. The van der Waals surface area contributed by atoms with E-state index in [0.29, 0.717) is 35.1 Å². The Balaban J connectivity index is 1.37. The molecule has 174 valence electrons. The molecule has 3 aromatic rings. The van der Waals surface area contributed by atoms with E-state index in [4.69, 9.17) is 0 Å². The number of hydrogen-bond acceptors (Lipinski definition) is 5. The molecule has 10 heteroatoms. The number of amides is 1. The van der Waals surface area contributed by atoms with Crippen molar-refractivity contribution >= 4 is 38.2 Å². The second-order valence-corrected chi connectivity index (χ2v) is 10.2. The first-order valence-electron chi connectivity index (χ1n) is 11.0. The van der Waals surface area contributed by atoms with E-state index in [9.17, 15) is 22.8 Å². The lowest BCUT2D eigenvalue weighted by Gasteiger charge is -2.22. The Morgan fingerprint density at radius 3 is 2.36 bits per heavy atom. The van der Waals surface area contributed by atoms with Gasteiger partial charge in [-0.2, -0.15) is 0 Å². The van der Waals surface area contributed by atoms with E-state index in [2.05, 4.69) is 15.0 Å². The molecule has 1 aliphatic carbocycles. The van der Waals surface area contributed by atoms with Gasteiger partial charge in [-0.15, -0.1) is 0 Å². The normalized spacial score (nSPS) is 14.8. The van der Waals surface area contributed by atoms with E-state index in [1.807, 2.05) is 0 Å². The van der Waals surface area contributed by atoms with Crippen molar-refractivity contribution in [3.63, 3.8) is 0 Å². The van der Waals surface area contributed by atoms with Crippen molar-refractivity contribution in [2.75, 3.05) is 10.0 Å². The van der Waals surface area contributed by atoms with Gasteiger partial charge < -0.3 is 5.32 Å². The molecule has 1 heterocycles. The van der Waals surface area contributed by atoms with Crippen LogP contribution in [0.3, 0.4) is 0 Å². The summed E-state index contributed by atoms with van der Waals surface area (Å²) in [6.07, 6.45) is 4.31. The fourth-order valence-corrected chi connectivity index (χ4v) is 5.73. The lowest BCUT2D eigenvalue weighted by Crippen LogP contribution is -2.31. The molecule has 0 atom stereocenters. The van der Waals surface area contributed by atoms with E-state index in [1.54, 1.807) is 48.5 Å². The summed E-state index contributed by atoms with van der Waals surface area (Å²) in [4.78, 5) is 38.8. The predicted molar refractivity (Wildman–Crippen MR) is 128 cm³/mol. The number of H-pyrrole nitrogens is 1. The number of fused-ring (bicyclic) bond motifs is 1. The van der Waals surface area contributed by atoms with Crippen molar-refractivity contribution in [1.82, 2.24) is 9.55 Å².